The summed E-state index contributed by atoms with van der Waals surface area (Å²) in [5, 5.41) is 13.3. The first kappa shape index (κ1) is 26.4. The van der Waals surface area contributed by atoms with E-state index in [0.717, 1.165) is 6.07 Å². The maximum absolute atomic E-state index is 15.1. The second kappa shape index (κ2) is 11.7. The van der Waals surface area contributed by atoms with E-state index in [1.807, 2.05) is 9.88 Å². The summed E-state index contributed by atoms with van der Waals surface area (Å²) in [5.41, 5.74) is 0.274. The summed E-state index contributed by atoms with van der Waals surface area (Å²) < 4.78 is 25.1. The van der Waals surface area contributed by atoms with Crippen molar-refractivity contribution in [2.45, 2.75) is 13.0 Å². The predicted molar refractivity (Wildman–Crippen MR) is 139 cm³/mol. The number of benzene rings is 1. The van der Waals surface area contributed by atoms with E-state index in [0.29, 0.717) is 61.2 Å². The molecule has 0 spiro atoms. The number of halogens is 1. The van der Waals surface area contributed by atoms with Gasteiger partial charge in [-0.1, -0.05) is 16.4 Å². The molecule has 0 aliphatic carbocycles. The SMILES string of the molecule is O=C(Cc1cc(=O)[nH]c(=O)[nH]1)NCC(=O)N1CCN(c2ccc(-c3cc(CNc4ccon4)on3)cc2F)CC1. The molecule has 2 amide bonds. The van der Waals surface area contributed by atoms with E-state index in [2.05, 4.69) is 25.9 Å². The fourth-order valence-electron chi connectivity index (χ4n) is 4.27. The molecule has 1 saturated heterocycles. The van der Waals surface area contributed by atoms with Crippen LogP contribution in [0, 0.1) is 5.82 Å². The summed E-state index contributed by atoms with van der Waals surface area (Å²) in [5.74, 6) is -0.123. The molecule has 4 N–H and O–H groups in total. The zero-order chi connectivity index (χ0) is 28.1. The van der Waals surface area contributed by atoms with Crippen LogP contribution in [-0.2, 0) is 22.6 Å². The van der Waals surface area contributed by atoms with Crippen molar-refractivity contribution in [2.75, 3.05) is 42.9 Å². The van der Waals surface area contributed by atoms with Crippen LogP contribution in [0.15, 0.2) is 61.3 Å². The molecule has 1 aliphatic rings. The van der Waals surface area contributed by atoms with Crippen LogP contribution in [0.4, 0.5) is 15.9 Å². The molecular formula is C25H25FN8O6. The number of amides is 2. The van der Waals surface area contributed by atoms with Crippen LogP contribution in [0.5, 0.6) is 0 Å². The maximum atomic E-state index is 15.1. The van der Waals surface area contributed by atoms with Crippen LogP contribution in [0.25, 0.3) is 11.3 Å². The molecule has 1 aromatic carbocycles. The first-order valence-electron chi connectivity index (χ1n) is 12.4. The molecule has 0 unspecified atom stereocenters. The van der Waals surface area contributed by atoms with Crippen molar-refractivity contribution in [3.05, 3.63) is 80.8 Å². The Morgan fingerprint density at radius 3 is 2.58 bits per heavy atom. The molecular weight excluding hydrogens is 527 g/mol. The number of aromatic amines is 2. The number of carbonyl (C=O) groups is 2. The normalized spacial score (nSPS) is 13.3. The van der Waals surface area contributed by atoms with Gasteiger partial charge < -0.3 is 34.5 Å². The minimum absolute atomic E-state index is 0.143. The van der Waals surface area contributed by atoms with Gasteiger partial charge in [-0.05, 0) is 12.1 Å². The van der Waals surface area contributed by atoms with E-state index >= 15 is 4.39 Å². The highest BCUT2D eigenvalue weighted by molar-refractivity contribution is 5.85. The smallest absolute Gasteiger partial charge is 0.325 e. The van der Waals surface area contributed by atoms with Crippen molar-refractivity contribution in [3.63, 3.8) is 0 Å². The molecule has 1 aliphatic heterocycles. The number of piperazine rings is 1. The van der Waals surface area contributed by atoms with Crippen molar-refractivity contribution >= 4 is 23.3 Å². The first-order valence-corrected chi connectivity index (χ1v) is 12.4. The molecule has 4 aromatic rings. The van der Waals surface area contributed by atoms with Crippen molar-refractivity contribution in [3.8, 4) is 11.3 Å². The minimum atomic E-state index is -0.713. The van der Waals surface area contributed by atoms with E-state index < -0.39 is 23.0 Å². The van der Waals surface area contributed by atoms with E-state index in [-0.39, 0.29) is 24.6 Å². The number of anilines is 2. The second-order valence-corrected chi connectivity index (χ2v) is 9.02. The highest BCUT2D eigenvalue weighted by Gasteiger charge is 2.23. The Hall–Kier alpha value is -5.21. The number of carbonyl (C=O) groups excluding carboxylic acids is 2. The van der Waals surface area contributed by atoms with Gasteiger partial charge >= 0.3 is 5.69 Å². The Kier molecular flexibility index (Phi) is 7.70. The van der Waals surface area contributed by atoms with Gasteiger partial charge in [-0.2, -0.15) is 0 Å². The average molecular weight is 553 g/mol. The molecule has 0 atom stereocenters. The number of aromatic nitrogens is 4. The molecule has 0 saturated carbocycles. The molecule has 15 heteroatoms. The van der Waals surface area contributed by atoms with Crippen LogP contribution in [-0.4, -0.2) is 69.7 Å². The summed E-state index contributed by atoms with van der Waals surface area (Å²) >= 11 is 0. The van der Waals surface area contributed by atoms with Crippen LogP contribution in [0.3, 0.4) is 0 Å². The predicted octanol–water partition coefficient (Wildman–Crippen LogP) is 0.465. The highest BCUT2D eigenvalue weighted by Crippen LogP contribution is 2.27. The topological polar surface area (TPSA) is 182 Å². The summed E-state index contributed by atoms with van der Waals surface area (Å²) in [4.78, 5) is 55.2. The summed E-state index contributed by atoms with van der Waals surface area (Å²) in [7, 11) is 0. The number of nitrogens with one attached hydrogen (secondary N) is 4. The molecule has 40 heavy (non-hydrogen) atoms. The van der Waals surface area contributed by atoms with E-state index in [1.165, 1.54) is 12.3 Å². The zero-order valence-corrected chi connectivity index (χ0v) is 21.1. The lowest BCUT2D eigenvalue weighted by molar-refractivity contribution is -0.133. The van der Waals surface area contributed by atoms with Gasteiger partial charge in [0.1, 0.15) is 17.8 Å². The van der Waals surface area contributed by atoms with Gasteiger partial charge in [-0.3, -0.25) is 19.4 Å². The highest BCUT2D eigenvalue weighted by atomic mass is 19.1. The van der Waals surface area contributed by atoms with Gasteiger partial charge in [0, 0.05) is 55.6 Å². The fourth-order valence-corrected chi connectivity index (χ4v) is 4.27. The van der Waals surface area contributed by atoms with E-state index in [4.69, 9.17) is 9.05 Å². The lowest BCUT2D eigenvalue weighted by atomic mass is 10.1. The molecule has 0 radical (unpaired) electrons. The molecule has 208 valence electrons. The Morgan fingerprint density at radius 1 is 1.02 bits per heavy atom. The Bertz CT molecular complexity index is 1580. The maximum Gasteiger partial charge on any atom is 0.325 e. The Morgan fingerprint density at radius 2 is 1.85 bits per heavy atom. The van der Waals surface area contributed by atoms with Crippen LogP contribution in [0.1, 0.15) is 11.5 Å². The van der Waals surface area contributed by atoms with Gasteiger partial charge in [0.25, 0.3) is 5.56 Å². The number of hydrogen-bond acceptors (Lipinski definition) is 10. The Balaban J connectivity index is 1.10. The van der Waals surface area contributed by atoms with E-state index in [9.17, 15) is 19.2 Å². The van der Waals surface area contributed by atoms with Crippen molar-refractivity contribution in [1.29, 1.82) is 0 Å². The zero-order valence-electron chi connectivity index (χ0n) is 21.1. The third-order valence-electron chi connectivity index (χ3n) is 6.26. The fraction of sp³-hybridized carbons (Fsp3) is 0.280. The van der Waals surface area contributed by atoms with Crippen molar-refractivity contribution < 1.29 is 23.0 Å². The van der Waals surface area contributed by atoms with Gasteiger partial charge in [-0.25, -0.2) is 9.18 Å². The Labute approximate surface area is 225 Å². The average Bonchev–Trinajstić information content (AvgIpc) is 3.62. The summed E-state index contributed by atoms with van der Waals surface area (Å²) in [6, 6.07) is 9.31. The van der Waals surface area contributed by atoms with Gasteiger partial charge in [-0.15, -0.1) is 0 Å². The van der Waals surface area contributed by atoms with Gasteiger partial charge in [0.05, 0.1) is 25.2 Å². The minimum Gasteiger partial charge on any atom is -0.366 e. The molecule has 4 heterocycles. The third kappa shape index (κ3) is 6.43. The molecule has 3 aromatic heterocycles. The quantitative estimate of drug-likeness (QED) is 0.228. The monoisotopic (exact) mass is 552 g/mol. The summed E-state index contributed by atoms with van der Waals surface area (Å²) in [6.07, 6.45) is 1.20. The van der Waals surface area contributed by atoms with Crippen molar-refractivity contribution in [1.82, 2.24) is 30.5 Å². The lowest BCUT2D eigenvalue weighted by Crippen LogP contribution is -2.51. The van der Waals surface area contributed by atoms with E-state index in [1.54, 1.807) is 29.2 Å². The second-order valence-electron chi connectivity index (χ2n) is 9.02. The number of rotatable bonds is 9. The van der Waals surface area contributed by atoms with Crippen LogP contribution in [0.2, 0.25) is 0 Å². The third-order valence-corrected chi connectivity index (χ3v) is 6.26. The van der Waals surface area contributed by atoms with Crippen LogP contribution >= 0.6 is 0 Å². The number of H-pyrrole nitrogens is 2. The number of hydrogen-bond donors (Lipinski definition) is 4. The van der Waals surface area contributed by atoms with Crippen LogP contribution < -0.4 is 26.8 Å². The lowest BCUT2D eigenvalue weighted by Gasteiger charge is -2.36. The molecule has 5 rings (SSSR count). The molecule has 1 fully saturated rings. The summed E-state index contributed by atoms with van der Waals surface area (Å²) in [6.45, 7) is 1.62. The standard InChI is InChI=1S/C25H25FN8O6/c26-18-9-15(19-12-17(40-31-19)13-27-21-3-8-39-32-21)1-2-20(18)33-4-6-34(7-5-33)24(37)14-28-22(35)10-16-11-23(36)30-25(38)29-16/h1-3,8-9,11-12H,4-7,10,13-14H2,(H,27,32)(H,28,35)(H2,29,30,36,38). The largest absolute Gasteiger partial charge is 0.366 e. The molecule has 0 bridgehead atoms. The van der Waals surface area contributed by atoms with Crippen molar-refractivity contribution in [2.24, 2.45) is 0 Å². The van der Waals surface area contributed by atoms with Gasteiger partial charge in [0.2, 0.25) is 11.8 Å². The van der Waals surface area contributed by atoms with Gasteiger partial charge in [0.15, 0.2) is 11.6 Å². The number of nitrogens with zero attached hydrogens (tertiary/aromatic N) is 4. The first-order chi connectivity index (χ1) is 19.3. The molecule has 14 nitrogen and oxygen atoms in total.